The van der Waals surface area contributed by atoms with Crippen molar-refractivity contribution in [1.82, 2.24) is 5.01 Å². The van der Waals surface area contributed by atoms with Gasteiger partial charge in [0, 0.05) is 0 Å². The Labute approximate surface area is 124 Å². The number of hydrogen-bond donors (Lipinski definition) is 3. The average Bonchev–Trinajstić information content (AvgIpc) is 2.64. The molecular formula is C13H23N4O3P. The fourth-order valence-electron chi connectivity index (χ4n) is 2.28. The van der Waals surface area contributed by atoms with E-state index in [4.69, 9.17) is 10.5 Å². The van der Waals surface area contributed by atoms with E-state index in [2.05, 4.69) is 36.3 Å². The smallest absolute Gasteiger partial charge is 0.181 e. The van der Waals surface area contributed by atoms with E-state index in [1.165, 1.54) is 11.2 Å². The predicted octanol–water partition coefficient (Wildman–Crippen LogP) is -0.338. The third-order valence-corrected chi connectivity index (χ3v) is 4.90. The maximum Gasteiger partial charge on any atom is 0.181 e. The van der Waals surface area contributed by atoms with Crippen LogP contribution in [0.2, 0.25) is 0 Å². The van der Waals surface area contributed by atoms with Crippen molar-refractivity contribution in [3.63, 3.8) is 0 Å². The fourth-order valence-corrected chi connectivity index (χ4v) is 3.23. The zero-order valence-corrected chi connectivity index (χ0v) is 13.3. The molecule has 0 saturated carbocycles. The molecule has 21 heavy (non-hydrogen) atoms. The van der Waals surface area contributed by atoms with Crippen LogP contribution in [0.25, 0.3) is 0 Å². The van der Waals surface area contributed by atoms with Crippen LogP contribution in [0.15, 0.2) is 22.5 Å². The van der Waals surface area contributed by atoms with E-state index in [1.807, 2.05) is 0 Å². The van der Waals surface area contributed by atoms with E-state index in [9.17, 15) is 10.2 Å². The number of amidine groups is 1. The van der Waals surface area contributed by atoms with Gasteiger partial charge in [0.15, 0.2) is 6.23 Å². The van der Waals surface area contributed by atoms with Crippen LogP contribution >= 0.6 is 6.89 Å². The Morgan fingerprint density at radius 1 is 1.43 bits per heavy atom. The summed E-state index contributed by atoms with van der Waals surface area (Å²) in [5.41, 5.74) is 5.53. The van der Waals surface area contributed by atoms with Gasteiger partial charge in [0.05, 0.1) is 12.3 Å². The molecule has 8 heteroatoms. The molecule has 0 aromatic carbocycles. The van der Waals surface area contributed by atoms with E-state index in [0.29, 0.717) is 6.42 Å². The van der Waals surface area contributed by atoms with Crippen molar-refractivity contribution in [3.8, 4) is 0 Å². The van der Waals surface area contributed by atoms with E-state index in [-0.39, 0.29) is 11.7 Å². The van der Waals surface area contributed by atoms with E-state index in [0.717, 1.165) is 6.16 Å². The van der Waals surface area contributed by atoms with E-state index in [1.54, 1.807) is 0 Å². The van der Waals surface area contributed by atoms with Crippen molar-refractivity contribution in [2.45, 2.75) is 31.0 Å². The van der Waals surface area contributed by atoms with Gasteiger partial charge in [-0.2, -0.15) is 5.10 Å². The Morgan fingerprint density at radius 2 is 2.10 bits per heavy atom. The van der Waals surface area contributed by atoms with Gasteiger partial charge in [-0.1, -0.05) is 6.58 Å². The van der Waals surface area contributed by atoms with Gasteiger partial charge in [-0.25, -0.2) is 10.0 Å². The van der Waals surface area contributed by atoms with Gasteiger partial charge in [-0.05, 0) is 25.9 Å². The number of hydrogen-bond acceptors (Lipinski definition) is 7. The molecule has 2 aliphatic heterocycles. The summed E-state index contributed by atoms with van der Waals surface area (Å²) in [6.45, 7) is 6.76. The summed E-state index contributed by atoms with van der Waals surface area (Å²) in [7, 11) is 0. The minimum Gasteiger partial charge on any atom is -0.388 e. The highest BCUT2D eigenvalue weighted by atomic mass is 31.2. The Hall–Kier alpha value is -1.14. The highest BCUT2D eigenvalue weighted by Gasteiger charge is 2.46. The molecule has 4 N–H and O–H groups in total. The first-order chi connectivity index (χ1) is 9.69. The van der Waals surface area contributed by atoms with Crippen molar-refractivity contribution >= 4 is 25.2 Å². The second kappa shape index (κ2) is 5.93. The van der Waals surface area contributed by atoms with Crippen LogP contribution in [-0.2, 0) is 4.74 Å². The molecule has 1 unspecified atom stereocenters. The van der Waals surface area contributed by atoms with Crippen LogP contribution in [0.1, 0.15) is 6.42 Å². The second-order valence-electron chi connectivity index (χ2n) is 6.04. The molecule has 4 atom stereocenters. The predicted molar refractivity (Wildman–Crippen MR) is 87.1 cm³/mol. The number of rotatable bonds is 4. The first-order valence-electron chi connectivity index (χ1n) is 6.74. The molecule has 1 saturated heterocycles. The third-order valence-electron chi connectivity index (χ3n) is 3.43. The molecule has 0 radical (unpaired) electrons. The molecule has 0 aromatic rings. The van der Waals surface area contributed by atoms with Gasteiger partial charge in [0.25, 0.3) is 0 Å². The van der Waals surface area contributed by atoms with Crippen molar-refractivity contribution in [2.75, 3.05) is 19.5 Å². The lowest BCUT2D eigenvalue weighted by atomic mass is 10.1. The minimum absolute atomic E-state index is 0.240. The van der Waals surface area contributed by atoms with Gasteiger partial charge in [-0.15, -0.1) is 13.2 Å². The molecule has 0 aromatic heterocycles. The lowest BCUT2D eigenvalue weighted by molar-refractivity contribution is -0.0749. The highest BCUT2D eigenvalue weighted by molar-refractivity contribution is 7.72. The van der Waals surface area contributed by atoms with Gasteiger partial charge in [-0.3, -0.25) is 0 Å². The largest absolute Gasteiger partial charge is 0.388 e. The molecular weight excluding hydrogens is 291 g/mol. The van der Waals surface area contributed by atoms with Crippen molar-refractivity contribution in [3.05, 3.63) is 12.4 Å². The monoisotopic (exact) mass is 314 g/mol. The second-order valence-corrected chi connectivity index (χ2v) is 10.4. The number of nitrogens with zero attached hydrogens (tertiary/aromatic N) is 3. The van der Waals surface area contributed by atoms with E-state index < -0.39 is 31.4 Å². The summed E-state index contributed by atoms with van der Waals surface area (Å²) in [5, 5.41) is 25.7. The molecule has 2 heterocycles. The molecule has 0 amide bonds. The number of aliphatic hydroxyl groups excluding tert-OH is 2. The highest BCUT2D eigenvalue weighted by Crippen LogP contribution is 2.38. The van der Waals surface area contributed by atoms with Crippen LogP contribution in [-0.4, -0.2) is 77.6 Å². The first-order valence-corrected chi connectivity index (χ1v) is 9.79. The Morgan fingerprint density at radius 3 is 2.67 bits per heavy atom. The number of nitrogens with two attached hydrogens (primary N) is 1. The van der Waals surface area contributed by atoms with Crippen molar-refractivity contribution in [1.29, 1.82) is 0 Å². The zero-order chi connectivity index (χ0) is 15.8. The van der Waals surface area contributed by atoms with Gasteiger partial charge in [0.2, 0.25) is 0 Å². The van der Waals surface area contributed by atoms with Crippen LogP contribution < -0.4 is 5.73 Å². The summed E-state index contributed by atoms with van der Waals surface area (Å²) in [4.78, 5) is 3.98. The normalized spacial score (nSPS) is 33.4. The lowest BCUT2D eigenvalue weighted by Gasteiger charge is -2.28. The topological polar surface area (TPSA) is 104 Å². The van der Waals surface area contributed by atoms with E-state index >= 15 is 0 Å². The molecule has 0 aliphatic carbocycles. The summed E-state index contributed by atoms with van der Waals surface area (Å²) in [5.74, 6) is 0.515. The SMILES string of the molecule is C=C1N=C(N)C=NN1C1O[C@H](CCP(=C)(C)C)[C@@H](O)[C@H]1O. The maximum atomic E-state index is 10.2. The fraction of sp³-hybridized carbons (Fsp3) is 0.615. The summed E-state index contributed by atoms with van der Waals surface area (Å²) < 4.78 is 5.76. The number of aliphatic imine (C=N–C) groups is 1. The van der Waals surface area contributed by atoms with Crippen molar-refractivity contribution < 1.29 is 14.9 Å². The Kier molecular flexibility index (Phi) is 4.58. The minimum atomic E-state index is -1.21. The van der Waals surface area contributed by atoms with Crippen molar-refractivity contribution in [2.24, 2.45) is 15.8 Å². The third kappa shape index (κ3) is 3.74. The molecule has 2 aliphatic rings. The zero-order valence-electron chi connectivity index (χ0n) is 12.4. The molecule has 118 valence electrons. The van der Waals surface area contributed by atoms with Crippen LogP contribution in [0.4, 0.5) is 0 Å². The maximum absolute atomic E-state index is 10.2. The average molecular weight is 314 g/mol. The van der Waals surface area contributed by atoms with Crippen LogP contribution in [0.3, 0.4) is 0 Å². The molecule has 0 spiro atoms. The molecule has 1 fully saturated rings. The lowest BCUT2D eigenvalue weighted by Crippen LogP contribution is -2.42. The van der Waals surface area contributed by atoms with Gasteiger partial charge >= 0.3 is 0 Å². The summed E-state index contributed by atoms with van der Waals surface area (Å²) in [6, 6.07) is 0. The van der Waals surface area contributed by atoms with Crippen LogP contribution in [0, 0.1) is 0 Å². The van der Waals surface area contributed by atoms with Crippen LogP contribution in [0.5, 0.6) is 0 Å². The summed E-state index contributed by atoms with van der Waals surface area (Å²) >= 11 is 0. The van der Waals surface area contributed by atoms with Gasteiger partial charge in [0.1, 0.15) is 23.9 Å². The molecule has 7 nitrogen and oxygen atoms in total. The van der Waals surface area contributed by atoms with Gasteiger partial charge < -0.3 is 20.7 Å². The summed E-state index contributed by atoms with van der Waals surface area (Å²) in [6.07, 6.45) is 3.72. The number of aliphatic hydroxyl groups is 2. The number of hydrazone groups is 1. The molecule has 0 bridgehead atoms. The molecule has 2 rings (SSSR count). The quantitative estimate of drug-likeness (QED) is 0.616. The number of ether oxygens (including phenoxy) is 1. The standard InChI is InChI=1S/C13H23N4O3P/c1-8-16-10(14)7-15-17(8)13-12(19)11(18)9(20-13)5-6-21(2,3)4/h7,9,11-13,18-19H,1-2,5-6H2,3-4H3,(H2,14,16)/t9-,11-,12-,13?/m1/s1. The Balaban J connectivity index is 2.05. The Bertz CT molecular complexity index is 528. The first kappa shape index (κ1) is 16.2.